The summed E-state index contributed by atoms with van der Waals surface area (Å²) in [6, 6.07) is -0.609. The zero-order valence-electron chi connectivity index (χ0n) is 12.5. The van der Waals surface area contributed by atoms with Crippen molar-refractivity contribution in [3.63, 3.8) is 0 Å². The number of carbonyl (C=O) groups excluding carboxylic acids is 1. The molecule has 0 saturated heterocycles. The molecular weight excluding hydrogens is 298 g/mol. The van der Waals surface area contributed by atoms with Crippen LogP contribution >= 0.6 is 0 Å². The van der Waals surface area contributed by atoms with Gasteiger partial charge in [0.2, 0.25) is 10.0 Å². The van der Waals surface area contributed by atoms with E-state index in [1.54, 1.807) is 13.8 Å². The summed E-state index contributed by atoms with van der Waals surface area (Å²) in [7, 11) is -3.39. The van der Waals surface area contributed by atoms with Crippen molar-refractivity contribution in [1.82, 2.24) is 15.4 Å². The molecule has 4 N–H and O–H groups in total. The van der Waals surface area contributed by atoms with Crippen LogP contribution in [0.2, 0.25) is 0 Å². The Hall–Kier alpha value is -1.35. The highest BCUT2D eigenvalue weighted by Gasteiger charge is 2.42. The van der Waals surface area contributed by atoms with Crippen molar-refractivity contribution in [3.8, 4) is 0 Å². The molecule has 1 fully saturated rings. The molecule has 0 aromatic carbocycles. The maximum Gasteiger partial charge on any atom is 0.329 e. The van der Waals surface area contributed by atoms with Crippen LogP contribution in [-0.2, 0) is 14.8 Å². The second-order valence-corrected chi connectivity index (χ2v) is 7.91. The summed E-state index contributed by atoms with van der Waals surface area (Å²) in [6.07, 6.45) is 3.36. The molecule has 0 atom stereocenters. The molecule has 8 nitrogen and oxygen atoms in total. The third-order valence-corrected chi connectivity index (χ3v) is 4.30. The first-order valence-corrected chi connectivity index (χ1v) is 8.63. The van der Waals surface area contributed by atoms with Crippen molar-refractivity contribution >= 4 is 22.0 Å². The van der Waals surface area contributed by atoms with Crippen LogP contribution in [0.3, 0.4) is 0 Å². The molecule has 0 heterocycles. The fraction of sp³-hybridized carbons (Fsp3) is 0.833. The first-order chi connectivity index (χ1) is 9.46. The molecule has 2 amide bonds. The minimum absolute atomic E-state index is 0.0433. The molecule has 0 radical (unpaired) electrons. The van der Waals surface area contributed by atoms with Crippen molar-refractivity contribution < 1.29 is 23.1 Å². The number of carboxylic acids is 1. The molecule has 0 aliphatic heterocycles. The quantitative estimate of drug-likeness (QED) is 0.548. The topological polar surface area (TPSA) is 125 Å². The molecule has 1 rings (SSSR count). The number of amides is 2. The summed E-state index contributed by atoms with van der Waals surface area (Å²) < 4.78 is 24.8. The van der Waals surface area contributed by atoms with Gasteiger partial charge < -0.3 is 15.7 Å². The van der Waals surface area contributed by atoms with Crippen LogP contribution < -0.4 is 15.4 Å². The summed E-state index contributed by atoms with van der Waals surface area (Å²) in [5.41, 5.74) is -2.07. The van der Waals surface area contributed by atoms with E-state index in [2.05, 4.69) is 15.4 Å². The Kier molecular flexibility index (Phi) is 5.21. The number of hydrogen-bond acceptors (Lipinski definition) is 4. The lowest BCUT2D eigenvalue weighted by molar-refractivity contribution is -0.144. The lowest BCUT2D eigenvalue weighted by Crippen LogP contribution is -2.58. The fourth-order valence-electron chi connectivity index (χ4n) is 2.47. The summed E-state index contributed by atoms with van der Waals surface area (Å²) in [4.78, 5) is 23.2. The van der Waals surface area contributed by atoms with E-state index in [-0.39, 0.29) is 6.54 Å². The number of urea groups is 1. The number of carboxylic acid groups (broad SMARTS) is 1. The summed E-state index contributed by atoms with van der Waals surface area (Å²) in [5, 5.41) is 14.3. The van der Waals surface area contributed by atoms with Crippen LogP contribution in [0.25, 0.3) is 0 Å². The van der Waals surface area contributed by atoms with Gasteiger partial charge in [0.1, 0.15) is 5.54 Å². The lowest BCUT2D eigenvalue weighted by Gasteiger charge is -2.28. The van der Waals surface area contributed by atoms with Crippen LogP contribution in [0.4, 0.5) is 4.79 Å². The zero-order valence-corrected chi connectivity index (χ0v) is 13.3. The van der Waals surface area contributed by atoms with Gasteiger partial charge in [-0.15, -0.1) is 0 Å². The SMILES string of the molecule is CC(C)(CNC(=O)NC1(C(=O)O)CCCC1)NS(C)(=O)=O. The van der Waals surface area contributed by atoms with Crippen LogP contribution in [-0.4, -0.2) is 49.4 Å². The molecular formula is C12H23N3O5S. The lowest BCUT2D eigenvalue weighted by atomic mass is 9.98. The van der Waals surface area contributed by atoms with Crippen molar-refractivity contribution in [1.29, 1.82) is 0 Å². The van der Waals surface area contributed by atoms with E-state index in [1.165, 1.54) is 0 Å². The standard InChI is InChI=1S/C12H23N3O5S/c1-11(2,15-21(3,19)20)8-13-10(18)14-12(9(16)17)6-4-5-7-12/h15H,4-8H2,1-3H3,(H,16,17)(H2,13,14,18). The number of rotatable bonds is 6. The molecule has 0 bridgehead atoms. The highest BCUT2D eigenvalue weighted by molar-refractivity contribution is 7.88. The average molecular weight is 321 g/mol. The third-order valence-electron chi connectivity index (χ3n) is 3.37. The van der Waals surface area contributed by atoms with Gasteiger partial charge in [-0.2, -0.15) is 0 Å². The van der Waals surface area contributed by atoms with Crippen molar-refractivity contribution in [2.24, 2.45) is 0 Å². The molecule has 21 heavy (non-hydrogen) atoms. The zero-order chi connectivity index (χ0) is 16.3. The summed E-state index contributed by atoms with van der Waals surface area (Å²) >= 11 is 0. The van der Waals surface area contributed by atoms with E-state index in [4.69, 9.17) is 0 Å². The van der Waals surface area contributed by atoms with Gasteiger partial charge in [-0.3, -0.25) is 0 Å². The first kappa shape index (κ1) is 17.7. The van der Waals surface area contributed by atoms with E-state index < -0.39 is 33.1 Å². The Morgan fingerprint density at radius 3 is 2.19 bits per heavy atom. The molecule has 1 aliphatic carbocycles. The number of aliphatic carboxylic acids is 1. The monoisotopic (exact) mass is 321 g/mol. The second-order valence-electron chi connectivity index (χ2n) is 6.16. The highest BCUT2D eigenvalue weighted by Crippen LogP contribution is 2.29. The molecule has 122 valence electrons. The molecule has 1 saturated carbocycles. The number of sulfonamides is 1. The number of hydrogen-bond donors (Lipinski definition) is 4. The van der Waals surface area contributed by atoms with Gasteiger partial charge in [-0.25, -0.2) is 22.7 Å². The van der Waals surface area contributed by atoms with Crippen LogP contribution in [0, 0.1) is 0 Å². The summed E-state index contributed by atoms with van der Waals surface area (Å²) in [6.45, 7) is 3.29. The van der Waals surface area contributed by atoms with Gasteiger partial charge >= 0.3 is 12.0 Å². The molecule has 0 spiro atoms. The Balaban J connectivity index is 2.56. The maximum absolute atomic E-state index is 11.9. The largest absolute Gasteiger partial charge is 0.480 e. The average Bonchev–Trinajstić information content (AvgIpc) is 2.73. The molecule has 0 aromatic heterocycles. The smallest absolute Gasteiger partial charge is 0.329 e. The Labute approximate surface area is 124 Å². The van der Waals surface area contributed by atoms with E-state index in [0.29, 0.717) is 12.8 Å². The minimum Gasteiger partial charge on any atom is -0.480 e. The Morgan fingerprint density at radius 1 is 1.24 bits per heavy atom. The molecule has 0 unspecified atom stereocenters. The van der Waals surface area contributed by atoms with Gasteiger partial charge in [-0.05, 0) is 26.7 Å². The van der Waals surface area contributed by atoms with Crippen molar-refractivity contribution in [2.45, 2.75) is 50.6 Å². The number of carbonyl (C=O) groups is 2. The van der Waals surface area contributed by atoms with E-state index >= 15 is 0 Å². The minimum atomic E-state index is -3.39. The van der Waals surface area contributed by atoms with Crippen LogP contribution in [0.5, 0.6) is 0 Å². The van der Waals surface area contributed by atoms with Crippen LogP contribution in [0.1, 0.15) is 39.5 Å². The maximum atomic E-state index is 11.9. The summed E-state index contributed by atoms with van der Waals surface area (Å²) in [5.74, 6) is -1.04. The van der Waals surface area contributed by atoms with Crippen molar-refractivity contribution in [2.75, 3.05) is 12.8 Å². The van der Waals surface area contributed by atoms with Gasteiger partial charge in [0, 0.05) is 12.1 Å². The second kappa shape index (κ2) is 6.18. The van der Waals surface area contributed by atoms with Gasteiger partial charge in [0.15, 0.2) is 0 Å². The van der Waals surface area contributed by atoms with Gasteiger partial charge in [0.05, 0.1) is 6.26 Å². The van der Waals surface area contributed by atoms with E-state index in [1.807, 2.05) is 0 Å². The third kappa shape index (κ3) is 5.50. The Morgan fingerprint density at radius 2 is 1.76 bits per heavy atom. The highest BCUT2D eigenvalue weighted by atomic mass is 32.2. The predicted octanol–water partition coefficient (Wildman–Crippen LogP) is 0.0108. The fourth-order valence-corrected chi connectivity index (χ4v) is 3.55. The van der Waals surface area contributed by atoms with Crippen LogP contribution in [0.15, 0.2) is 0 Å². The number of nitrogens with one attached hydrogen (secondary N) is 3. The first-order valence-electron chi connectivity index (χ1n) is 6.74. The molecule has 9 heteroatoms. The van der Waals surface area contributed by atoms with E-state index in [0.717, 1.165) is 19.1 Å². The van der Waals surface area contributed by atoms with Gasteiger partial charge in [0.25, 0.3) is 0 Å². The predicted molar refractivity (Wildman–Crippen MR) is 77.4 cm³/mol. The van der Waals surface area contributed by atoms with Gasteiger partial charge in [-0.1, -0.05) is 12.8 Å². The normalized spacial score (nSPS) is 18.2. The molecule has 0 aromatic rings. The molecule has 1 aliphatic rings. The van der Waals surface area contributed by atoms with E-state index in [9.17, 15) is 23.1 Å². The Bertz CT molecular complexity index is 509. The van der Waals surface area contributed by atoms with Crippen molar-refractivity contribution in [3.05, 3.63) is 0 Å².